The molecule has 4 aliphatic rings. The van der Waals surface area contributed by atoms with Crippen LogP contribution in [0, 0.1) is 49.3 Å². The number of hydrogen-bond donors (Lipinski definition) is 1. The van der Waals surface area contributed by atoms with E-state index in [2.05, 4.69) is 5.43 Å². The van der Waals surface area contributed by atoms with Crippen LogP contribution >= 0.6 is 0 Å². The summed E-state index contributed by atoms with van der Waals surface area (Å²) in [6.07, 6.45) is 5.97. The molecule has 0 unspecified atom stereocenters. The van der Waals surface area contributed by atoms with Crippen molar-refractivity contribution in [2.24, 2.45) is 29.1 Å². The maximum Gasteiger partial charge on any atom is 0.301 e. The van der Waals surface area contributed by atoms with Gasteiger partial charge in [0, 0.05) is 6.07 Å². The number of fused-ring (bicyclic) bond motifs is 3. The van der Waals surface area contributed by atoms with Gasteiger partial charge in [-0.25, -0.2) is 5.01 Å². The Hall–Kier alpha value is -3.30. The van der Waals surface area contributed by atoms with E-state index in [0.717, 1.165) is 36.0 Å². The summed E-state index contributed by atoms with van der Waals surface area (Å²) in [5.74, 6) is -1.75. The number of nitrogens with one attached hydrogen (secondary N) is 1. The monoisotopic (exact) mass is 370 g/mol. The van der Waals surface area contributed by atoms with Gasteiger partial charge in [-0.1, -0.05) is 12.2 Å². The molecule has 1 aromatic rings. The molecule has 4 atom stereocenters. The molecule has 27 heavy (non-hydrogen) atoms. The third-order valence-electron chi connectivity index (χ3n) is 6.48. The second-order valence-corrected chi connectivity index (χ2v) is 7.56. The lowest BCUT2D eigenvalue weighted by Crippen LogP contribution is -2.60. The molecule has 3 fully saturated rings. The van der Waals surface area contributed by atoms with Crippen molar-refractivity contribution in [3.8, 4) is 0 Å². The van der Waals surface area contributed by atoms with Crippen LogP contribution in [-0.4, -0.2) is 21.7 Å². The van der Waals surface area contributed by atoms with E-state index >= 15 is 0 Å². The Morgan fingerprint density at radius 3 is 2.30 bits per heavy atom. The van der Waals surface area contributed by atoms with E-state index in [-0.39, 0.29) is 28.8 Å². The fraction of sp³-hybridized carbons (Fsp3) is 0.412. The number of anilines is 1. The number of non-ortho nitro benzene ring substituents is 1. The topological polar surface area (TPSA) is 136 Å². The van der Waals surface area contributed by atoms with Gasteiger partial charge in [-0.3, -0.25) is 35.2 Å². The Kier molecular flexibility index (Phi) is 2.89. The van der Waals surface area contributed by atoms with E-state index in [4.69, 9.17) is 0 Å². The van der Waals surface area contributed by atoms with Crippen LogP contribution in [0.1, 0.15) is 12.8 Å². The molecule has 138 valence electrons. The number of carbonyl (C=O) groups is 2. The summed E-state index contributed by atoms with van der Waals surface area (Å²) in [6, 6.07) is 3.01. The number of nitro groups is 2. The highest BCUT2D eigenvalue weighted by atomic mass is 16.6. The molecule has 2 amide bonds. The number of hydrogen-bond acceptors (Lipinski definition) is 6. The van der Waals surface area contributed by atoms with Crippen molar-refractivity contribution >= 4 is 28.9 Å². The molecule has 1 spiro atoms. The molecule has 1 aromatic carbocycles. The average molecular weight is 370 g/mol. The van der Waals surface area contributed by atoms with Crippen LogP contribution in [0.2, 0.25) is 0 Å². The summed E-state index contributed by atoms with van der Waals surface area (Å²) in [5, 5.41) is 23.2. The molecule has 2 saturated carbocycles. The second kappa shape index (κ2) is 4.90. The standard InChI is InChI=1S/C17H14N4O6/c22-15-13-9-2-3-10(17(9)5-6-17)14(13)16(23)19(18-15)11-4-1-8(20(24)25)7-12(11)21(26)27/h1-4,7,9-10,13-14H,5-6H2,(H,18,22)/t9-,10+,13+,14-/m0/s1. The highest BCUT2D eigenvalue weighted by Crippen LogP contribution is 2.72. The van der Waals surface area contributed by atoms with Crippen LogP contribution in [0.3, 0.4) is 0 Å². The van der Waals surface area contributed by atoms with Crippen LogP contribution in [-0.2, 0) is 9.59 Å². The van der Waals surface area contributed by atoms with Gasteiger partial charge < -0.3 is 0 Å². The SMILES string of the molecule is O=C1NN(c2ccc([N+](=O)[O-])cc2[N+](=O)[O-])C(=O)[C@@H]2[C@H]1[C@@H]1C=C[C@H]2C12CC2. The van der Waals surface area contributed by atoms with Gasteiger partial charge in [0.15, 0.2) is 0 Å². The molecular weight excluding hydrogens is 356 g/mol. The molecular formula is C17H14N4O6. The minimum Gasteiger partial charge on any atom is -0.273 e. The molecule has 0 radical (unpaired) electrons. The number of rotatable bonds is 3. The minimum absolute atomic E-state index is 0.0141. The van der Waals surface area contributed by atoms with Crippen molar-refractivity contribution in [3.63, 3.8) is 0 Å². The zero-order chi connectivity index (χ0) is 19.1. The van der Waals surface area contributed by atoms with E-state index in [1.807, 2.05) is 12.2 Å². The lowest BCUT2D eigenvalue weighted by molar-refractivity contribution is -0.393. The molecule has 1 aliphatic heterocycles. The van der Waals surface area contributed by atoms with Crippen LogP contribution < -0.4 is 10.4 Å². The molecule has 1 heterocycles. The third kappa shape index (κ3) is 1.89. The first-order valence-electron chi connectivity index (χ1n) is 8.61. The largest absolute Gasteiger partial charge is 0.301 e. The summed E-state index contributed by atoms with van der Waals surface area (Å²) in [6.45, 7) is 0. The quantitative estimate of drug-likeness (QED) is 0.489. The van der Waals surface area contributed by atoms with Gasteiger partial charge in [-0.05, 0) is 36.2 Å². The van der Waals surface area contributed by atoms with Gasteiger partial charge in [-0.15, -0.1) is 0 Å². The van der Waals surface area contributed by atoms with Crippen molar-refractivity contribution in [1.82, 2.24) is 5.43 Å². The fourth-order valence-corrected chi connectivity index (χ4v) is 5.22. The Morgan fingerprint density at radius 1 is 1.04 bits per heavy atom. The fourth-order valence-electron chi connectivity index (χ4n) is 5.22. The number of benzene rings is 1. The van der Waals surface area contributed by atoms with Gasteiger partial charge in [0.05, 0.1) is 27.7 Å². The number of amides is 2. The Labute approximate surface area is 152 Å². The molecule has 0 aromatic heterocycles. The van der Waals surface area contributed by atoms with E-state index in [1.165, 1.54) is 0 Å². The minimum atomic E-state index is -0.795. The highest BCUT2D eigenvalue weighted by molar-refractivity contribution is 6.06. The van der Waals surface area contributed by atoms with E-state index in [1.54, 1.807) is 0 Å². The summed E-state index contributed by atoms with van der Waals surface area (Å²) in [5.41, 5.74) is 1.24. The lowest BCUT2D eigenvalue weighted by atomic mass is 9.80. The lowest BCUT2D eigenvalue weighted by Gasteiger charge is -2.37. The second-order valence-electron chi connectivity index (χ2n) is 7.56. The zero-order valence-electron chi connectivity index (χ0n) is 13.9. The van der Waals surface area contributed by atoms with Crippen molar-refractivity contribution in [2.45, 2.75) is 12.8 Å². The Balaban J connectivity index is 1.57. The normalized spacial score (nSPS) is 31.8. The first kappa shape index (κ1) is 15.9. The Bertz CT molecular complexity index is 968. The molecule has 3 aliphatic carbocycles. The van der Waals surface area contributed by atoms with Gasteiger partial charge in [0.25, 0.3) is 11.6 Å². The third-order valence-corrected chi connectivity index (χ3v) is 6.48. The summed E-state index contributed by atoms with van der Waals surface area (Å²) in [7, 11) is 0. The molecule has 2 bridgehead atoms. The predicted molar refractivity (Wildman–Crippen MR) is 90.1 cm³/mol. The predicted octanol–water partition coefficient (Wildman–Crippen LogP) is 1.71. The first-order valence-corrected chi connectivity index (χ1v) is 8.61. The number of nitrogens with zero attached hydrogens (tertiary/aromatic N) is 3. The van der Waals surface area contributed by atoms with Gasteiger partial charge >= 0.3 is 5.69 Å². The molecule has 1 N–H and O–H groups in total. The highest BCUT2D eigenvalue weighted by Gasteiger charge is 2.71. The summed E-state index contributed by atoms with van der Waals surface area (Å²) < 4.78 is 0. The van der Waals surface area contributed by atoms with Crippen LogP contribution in [0.25, 0.3) is 0 Å². The van der Waals surface area contributed by atoms with Crippen LogP contribution in [0.4, 0.5) is 17.1 Å². The number of carbonyl (C=O) groups excluding carboxylic acids is 2. The van der Waals surface area contributed by atoms with Crippen LogP contribution in [0.5, 0.6) is 0 Å². The number of nitro benzene ring substituents is 2. The molecule has 1 saturated heterocycles. The Morgan fingerprint density at radius 2 is 1.70 bits per heavy atom. The zero-order valence-corrected chi connectivity index (χ0v) is 13.9. The van der Waals surface area contributed by atoms with Crippen molar-refractivity contribution in [3.05, 3.63) is 50.6 Å². The van der Waals surface area contributed by atoms with Crippen molar-refractivity contribution < 1.29 is 19.4 Å². The van der Waals surface area contributed by atoms with Crippen molar-refractivity contribution in [2.75, 3.05) is 5.01 Å². The van der Waals surface area contributed by atoms with E-state index in [0.29, 0.717) is 0 Å². The smallest absolute Gasteiger partial charge is 0.273 e. The molecule has 10 heteroatoms. The summed E-state index contributed by atoms with van der Waals surface area (Å²) in [4.78, 5) is 46.7. The maximum atomic E-state index is 13.2. The summed E-state index contributed by atoms with van der Waals surface area (Å²) >= 11 is 0. The average Bonchev–Trinajstić information content (AvgIpc) is 3.30. The van der Waals surface area contributed by atoms with Crippen molar-refractivity contribution in [1.29, 1.82) is 0 Å². The first-order chi connectivity index (χ1) is 12.8. The van der Waals surface area contributed by atoms with Gasteiger partial charge in [0.2, 0.25) is 5.91 Å². The van der Waals surface area contributed by atoms with Gasteiger partial charge in [0.1, 0.15) is 5.69 Å². The van der Waals surface area contributed by atoms with Gasteiger partial charge in [-0.2, -0.15) is 0 Å². The van der Waals surface area contributed by atoms with Crippen LogP contribution in [0.15, 0.2) is 30.4 Å². The molecule has 5 rings (SSSR count). The van der Waals surface area contributed by atoms with E-state index < -0.39 is 39.0 Å². The number of hydrazine groups is 1. The number of allylic oxidation sites excluding steroid dienone is 2. The maximum absolute atomic E-state index is 13.2. The molecule has 10 nitrogen and oxygen atoms in total. The van der Waals surface area contributed by atoms with E-state index in [9.17, 15) is 29.8 Å².